The predicted molar refractivity (Wildman–Crippen MR) is 101 cm³/mol. The first-order valence-electron chi connectivity index (χ1n) is 9.19. The molecule has 7 nitrogen and oxygen atoms in total. The summed E-state index contributed by atoms with van der Waals surface area (Å²) in [6.07, 6.45) is -0.806. The number of alkyl halides is 3. The number of carbonyl (C=O) groups excluding carboxylic acids is 1. The highest BCUT2D eigenvalue weighted by atomic mass is 32.2. The van der Waals surface area contributed by atoms with Gasteiger partial charge < -0.3 is 9.64 Å². The van der Waals surface area contributed by atoms with Crippen molar-refractivity contribution in [3.05, 3.63) is 54.4 Å². The van der Waals surface area contributed by atoms with E-state index < -0.39 is 27.0 Å². The van der Waals surface area contributed by atoms with Crippen molar-refractivity contribution in [3.8, 4) is 5.75 Å². The van der Waals surface area contributed by atoms with E-state index in [0.717, 1.165) is 12.1 Å². The molecule has 0 bridgehead atoms. The minimum Gasteiger partial charge on any atom is -0.404 e. The van der Waals surface area contributed by atoms with Gasteiger partial charge in [-0.15, -0.1) is 13.2 Å². The summed E-state index contributed by atoms with van der Waals surface area (Å²) < 4.78 is 68.8. The Kier molecular flexibility index (Phi) is 6.61. The second-order valence-electron chi connectivity index (χ2n) is 6.82. The number of nitrogens with zero attached hydrogens (tertiary/aromatic N) is 2. The second-order valence-corrected chi connectivity index (χ2v) is 8.56. The molecule has 1 aliphatic rings. The molecule has 1 amide bonds. The first kappa shape index (κ1) is 22.0. The number of ether oxygens (including phenoxy) is 1. The van der Waals surface area contributed by atoms with Crippen LogP contribution in [0.15, 0.2) is 53.7 Å². The van der Waals surface area contributed by atoms with Crippen molar-refractivity contribution in [1.82, 2.24) is 14.6 Å². The zero-order chi connectivity index (χ0) is 21.8. The third kappa shape index (κ3) is 5.70. The average molecular weight is 443 g/mol. The van der Waals surface area contributed by atoms with Crippen molar-refractivity contribution in [2.75, 3.05) is 19.6 Å². The molecular formula is C19H20F3N3O4S. The zero-order valence-electron chi connectivity index (χ0n) is 15.8. The molecule has 1 aromatic heterocycles. The summed E-state index contributed by atoms with van der Waals surface area (Å²) in [4.78, 5) is 17.5. The van der Waals surface area contributed by atoms with E-state index in [2.05, 4.69) is 14.4 Å². The molecule has 2 aromatic rings. The molecule has 2 heterocycles. The van der Waals surface area contributed by atoms with Gasteiger partial charge in [0.2, 0.25) is 10.0 Å². The third-order valence-electron chi connectivity index (χ3n) is 4.74. The van der Waals surface area contributed by atoms with Gasteiger partial charge >= 0.3 is 6.36 Å². The van der Waals surface area contributed by atoms with Gasteiger partial charge in [0, 0.05) is 32.0 Å². The highest BCUT2D eigenvalue weighted by molar-refractivity contribution is 7.89. The Labute approximate surface area is 171 Å². The number of amides is 1. The number of benzene rings is 1. The Balaban J connectivity index is 1.57. The van der Waals surface area contributed by atoms with Crippen LogP contribution in [0.4, 0.5) is 13.2 Å². The smallest absolute Gasteiger partial charge is 0.404 e. The van der Waals surface area contributed by atoms with Gasteiger partial charge in [0.1, 0.15) is 10.6 Å². The van der Waals surface area contributed by atoms with Crippen LogP contribution in [-0.4, -0.2) is 50.2 Å². The average Bonchev–Trinajstić information content (AvgIpc) is 2.72. The lowest BCUT2D eigenvalue weighted by atomic mass is 9.97. The number of hydrogen-bond donors (Lipinski definition) is 1. The van der Waals surface area contributed by atoms with Gasteiger partial charge in [-0.2, -0.15) is 0 Å². The van der Waals surface area contributed by atoms with Crippen LogP contribution in [0.1, 0.15) is 23.2 Å². The maximum Gasteiger partial charge on any atom is 0.573 e. The molecule has 1 N–H and O–H groups in total. The number of rotatable bonds is 6. The molecule has 0 unspecified atom stereocenters. The number of piperidine rings is 1. The van der Waals surface area contributed by atoms with Gasteiger partial charge in [0.25, 0.3) is 5.91 Å². The Morgan fingerprint density at radius 1 is 1.17 bits per heavy atom. The molecule has 30 heavy (non-hydrogen) atoms. The van der Waals surface area contributed by atoms with Crippen LogP contribution in [-0.2, 0) is 10.0 Å². The SMILES string of the molecule is O=C(c1cccnc1)N1CCC(CNS(=O)(=O)c2ccccc2OC(F)(F)F)CC1. The van der Waals surface area contributed by atoms with Gasteiger partial charge in [-0.3, -0.25) is 9.78 Å². The molecule has 0 atom stereocenters. The number of carbonyl (C=O) groups is 1. The summed E-state index contributed by atoms with van der Waals surface area (Å²) in [5, 5.41) is 0. The van der Waals surface area contributed by atoms with Gasteiger partial charge in [-0.05, 0) is 43.0 Å². The largest absolute Gasteiger partial charge is 0.573 e. The quantitative estimate of drug-likeness (QED) is 0.742. The Hall–Kier alpha value is -2.66. The summed E-state index contributed by atoms with van der Waals surface area (Å²) in [5.41, 5.74) is 0.484. The van der Waals surface area contributed by atoms with Crippen molar-refractivity contribution >= 4 is 15.9 Å². The highest BCUT2D eigenvalue weighted by Gasteiger charge is 2.34. The fourth-order valence-corrected chi connectivity index (χ4v) is 4.44. The lowest BCUT2D eigenvalue weighted by Crippen LogP contribution is -2.41. The molecule has 1 aromatic carbocycles. The van der Waals surface area contributed by atoms with Crippen molar-refractivity contribution in [2.24, 2.45) is 5.92 Å². The van der Waals surface area contributed by atoms with Crippen LogP contribution in [0.25, 0.3) is 0 Å². The molecule has 0 aliphatic carbocycles. The zero-order valence-corrected chi connectivity index (χ0v) is 16.6. The van der Waals surface area contributed by atoms with E-state index in [1.54, 1.807) is 23.2 Å². The van der Waals surface area contributed by atoms with Crippen molar-refractivity contribution < 1.29 is 31.1 Å². The molecule has 1 aliphatic heterocycles. The van der Waals surface area contributed by atoms with E-state index in [4.69, 9.17) is 0 Å². The van der Waals surface area contributed by atoms with Crippen LogP contribution in [0.2, 0.25) is 0 Å². The fourth-order valence-electron chi connectivity index (χ4n) is 3.20. The number of nitrogens with one attached hydrogen (secondary N) is 1. The van der Waals surface area contributed by atoms with Crippen molar-refractivity contribution in [3.63, 3.8) is 0 Å². The van der Waals surface area contributed by atoms with E-state index in [9.17, 15) is 26.4 Å². The predicted octanol–water partition coefficient (Wildman–Crippen LogP) is 2.81. The van der Waals surface area contributed by atoms with Crippen LogP contribution < -0.4 is 9.46 Å². The van der Waals surface area contributed by atoms with Gasteiger partial charge in [0.05, 0.1) is 5.56 Å². The summed E-state index contributed by atoms with van der Waals surface area (Å²) in [6, 6.07) is 7.93. The Morgan fingerprint density at radius 2 is 1.87 bits per heavy atom. The minimum absolute atomic E-state index is 0.0478. The molecule has 1 saturated heterocycles. The summed E-state index contributed by atoms with van der Waals surface area (Å²) in [7, 11) is -4.20. The molecular weight excluding hydrogens is 423 g/mol. The highest BCUT2D eigenvalue weighted by Crippen LogP contribution is 2.29. The van der Waals surface area contributed by atoms with E-state index in [1.165, 1.54) is 18.3 Å². The summed E-state index contributed by atoms with van der Waals surface area (Å²) in [5.74, 6) is -0.969. The number of likely N-dealkylation sites (tertiary alicyclic amines) is 1. The maximum atomic E-state index is 12.5. The molecule has 0 saturated carbocycles. The minimum atomic E-state index is -5.00. The molecule has 0 spiro atoms. The standard InChI is InChI=1S/C19H20F3N3O4S/c20-19(21,22)29-16-5-1-2-6-17(16)30(27,28)24-12-14-7-10-25(11-8-14)18(26)15-4-3-9-23-13-15/h1-6,9,13-14,24H,7-8,10-12H2. The van der Waals surface area contributed by atoms with Gasteiger partial charge in [0.15, 0.2) is 0 Å². The topological polar surface area (TPSA) is 88.6 Å². The van der Waals surface area contributed by atoms with Gasteiger partial charge in [-0.1, -0.05) is 12.1 Å². The fraction of sp³-hybridized carbons (Fsp3) is 0.368. The number of halogens is 3. The maximum absolute atomic E-state index is 12.5. The molecule has 1 fully saturated rings. The third-order valence-corrected chi connectivity index (χ3v) is 6.20. The van der Waals surface area contributed by atoms with Gasteiger partial charge in [-0.25, -0.2) is 13.1 Å². The summed E-state index contributed by atoms with van der Waals surface area (Å²) >= 11 is 0. The molecule has 162 valence electrons. The lowest BCUT2D eigenvalue weighted by Gasteiger charge is -2.32. The lowest BCUT2D eigenvalue weighted by molar-refractivity contribution is -0.275. The van der Waals surface area contributed by atoms with Crippen LogP contribution in [0.5, 0.6) is 5.75 Å². The Morgan fingerprint density at radius 3 is 2.50 bits per heavy atom. The molecule has 3 rings (SSSR count). The van der Waals surface area contributed by atoms with Crippen LogP contribution >= 0.6 is 0 Å². The number of aromatic nitrogens is 1. The Bertz CT molecular complexity index is 976. The van der Waals surface area contributed by atoms with Crippen molar-refractivity contribution in [1.29, 1.82) is 0 Å². The van der Waals surface area contributed by atoms with E-state index in [1.807, 2.05) is 0 Å². The molecule has 11 heteroatoms. The number of para-hydroxylation sites is 1. The van der Waals surface area contributed by atoms with Crippen LogP contribution in [0, 0.1) is 5.92 Å². The first-order valence-corrected chi connectivity index (χ1v) is 10.7. The van der Waals surface area contributed by atoms with E-state index in [0.29, 0.717) is 31.5 Å². The first-order chi connectivity index (χ1) is 14.2. The number of hydrogen-bond acceptors (Lipinski definition) is 5. The van der Waals surface area contributed by atoms with E-state index >= 15 is 0 Å². The number of pyridine rings is 1. The molecule has 0 radical (unpaired) electrons. The van der Waals surface area contributed by atoms with Crippen molar-refractivity contribution in [2.45, 2.75) is 24.1 Å². The van der Waals surface area contributed by atoms with E-state index in [-0.39, 0.29) is 18.4 Å². The second kappa shape index (κ2) is 9.00. The normalized spacial score (nSPS) is 15.8. The van der Waals surface area contributed by atoms with Crippen LogP contribution in [0.3, 0.4) is 0 Å². The monoisotopic (exact) mass is 443 g/mol. The number of sulfonamides is 1. The summed E-state index contributed by atoms with van der Waals surface area (Å²) in [6.45, 7) is 0.958.